The summed E-state index contributed by atoms with van der Waals surface area (Å²) in [5.74, 6) is 1.84. The maximum Gasteiger partial charge on any atom is 0.164 e. The molecule has 0 radical (unpaired) electrons. The molecule has 0 saturated carbocycles. The predicted octanol–water partition coefficient (Wildman–Crippen LogP) is 11.2. The molecule has 0 bridgehead atoms. The molecule has 0 N–H and O–H groups in total. The first-order chi connectivity index (χ1) is 22.2. The van der Waals surface area contributed by atoms with Gasteiger partial charge in [-0.2, -0.15) is 0 Å². The molecule has 0 aliphatic rings. The molecule has 0 aliphatic carbocycles. The number of benzene rings is 7. The van der Waals surface area contributed by atoms with Gasteiger partial charge in [-0.1, -0.05) is 133 Å². The zero-order valence-electron chi connectivity index (χ0n) is 24.2. The second-order valence-corrected chi connectivity index (χ2v) is 11.5. The summed E-state index contributed by atoms with van der Waals surface area (Å²) in [6, 6.07) is 54.4. The van der Waals surface area contributed by atoms with Crippen LogP contribution in [0.2, 0.25) is 5.02 Å². The molecule has 1 heterocycles. The Morgan fingerprint density at radius 2 is 0.600 bits per heavy atom. The van der Waals surface area contributed by atoms with Crippen LogP contribution in [0.5, 0.6) is 0 Å². The Morgan fingerprint density at radius 1 is 0.289 bits per heavy atom. The minimum atomic E-state index is 0.601. The molecule has 8 aromatic rings. The lowest BCUT2D eigenvalue weighted by Crippen LogP contribution is -2.00. The molecule has 0 spiro atoms. The molecule has 212 valence electrons. The fraction of sp³-hybridized carbons (Fsp3) is 0. The zero-order chi connectivity index (χ0) is 30.2. The molecule has 0 amide bonds. The summed E-state index contributed by atoms with van der Waals surface area (Å²) < 4.78 is 0. The topological polar surface area (TPSA) is 38.7 Å². The normalized spacial score (nSPS) is 11.2. The molecular weight excluding hydrogens is 570 g/mol. The Morgan fingerprint density at radius 3 is 1.00 bits per heavy atom. The highest BCUT2D eigenvalue weighted by Crippen LogP contribution is 2.31. The van der Waals surface area contributed by atoms with E-state index in [9.17, 15) is 0 Å². The van der Waals surface area contributed by atoms with E-state index in [2.05, 4.69) is 133 Å². The Labute approximate surface area is 266 Å². The van der Waals surface area contributed by atoms with Crippen molar-refractivity contribution in [3.05, 3.63) is 163 Å². The van der Waals surface area contributed by atoms with Crippen LogP contribution in [-0.2, 0) is 0 Å². The smallest absolute Gasteiger partial charge is 0.164 e. The first-order valence-corrected chi connectivity index (χ1v) is 15.3. The van der Waals surface area contributed by atoms with Crippen molar-refractivity contribution >= 4 is 33.1 Å². The fourth-order valence-corrected chi connectivity index (χ4v) is 5.85. The largest absolute Gasteiger partial charge is 0.208 e. The molecule has 45 heavy (non-hydrogen) atoms. The van der Waals surface area contributed by atoms with E-state index < -0.39 is 0 Å². The molecule has 0 saturated heterocycles. The van der Waals surface area contributed by atoms with Gasteiger partial charge in [0.05, 0.1) is 0 Å². The minimum Gasteiger partial charge on any atom is -0.208 e. The number of nitrogens with zero attached hydrogens (tertiary/aromatic N) is 3. The van der Waals surface area contributed by atoms with E-state index in [0.717, 1.165) is 27.8 Å². The Bertz CT molecular complexity index is 2170. The monoisotopic (exact) mass is 595 g/mol. The van der Waals surface area contributed by atoms with Gasteiger partial charge in [-0.3, -0.25) is 0 Å². The molecule has 0 atom stereocenters. The standard InChI is InChI=1S/C41H26ClN3/c42-38-23-21-33(22-24-38)41-44-39(31-15-9-29(10-16-31)36-19-13-27-5-1-3-7-34(27)25-36)43-40(45-41)32-17-11-30(12-18-32)37-20-14-28-6-2-4-8-35(28)26-37/h1-26H. The molecule has 3 nitrogen and oxygen atoms in total. The summed E-state index contributed by atoms with van der Waals surface area (Å²) in [6.45, 7) is 0. The lowest BCUT2D eigenvalue weighted by atomic mass is 10.00. The van der Waals surface area contributed by atoms with Crippen molar-refractivity contribution < 1.29 is 0 Å². The Balaban J connectivity index is 1.17. The van der Waals surface area contributed by atoms with Crippen molar-refractivity contribution in [1.82, 2.24) is 15.0 Å². The van der Waals surface area contributed by atoms with Gasteiger partial charge in [-0.05, 0) is 80.2 Å². The third kappa shape index (κ3) is 5.46. The maximum atomic E-state index is 6.20. The zero-order valence-corrected chi connectivity index (χ0v) is 25.0. The highest BCUT2D eigenvalue weighted by molar-refractivity contribution is 6.30. The summed E-state index contributed by atoms with van der Waals surface area (Å²) in [7, 11) is 0. The first kappa shape index (κ1) is 26.9. The van der Waals surface area contributed by atoms with Crippen molar-refractivity contribution in [3.63, 3.8) is 0 Å². The van der Waals surface area contributed by atoms with Crippen molar-refractivity contribution in [2.24, 2.45) is 0 Å². The average Bonchev–Trinajstić information content (AvgIpc) is 3.11. The number of rotatable bonds is 5. The SMILES string of the molecule is Clc1ccc(-c2nc(-c3ccc(-c4ccc5ccccc5c4)cc3)nc(-c3ccc(-c4ccc5ccccc5c4)cc3)n2)cc1. The van der Waals surface area contributed by atoms with Crippen LogP contribution >= 0.6 is 11.6 Å². The highest BCUT2D eigenvalue weighted by Gasteiger charge is 2.13. The number of hydrogen-bond acceptors (Lipinski definition) is 3. The molecule has 0 unspecified atom stereocenters. The summed E-state index contributed by atoms with van der Waals surface area (Å²) >= 11 is 6.20. The van der Waals surface area contributed by atoms with Gasteiger partial charge in [-0.25, -0.2) is 15.0 Å². The molecule has 0 fully saturated rings. The van der Waals surface area contributed by atoms with Crippen LogP contribution in [0.25, 0.3) is 78.0 Å². The van der Waals surface area contributed by atoms with Crippen LogP contribution in [-0.4, -0.2) is 15.0 Å². The van der Waals surface area contributed by atoms with Gasteiger partial charge in [0.1, 0.15) is 0 Å². The Kier molecular flexibility index (Phi) is 6.86. The summed E-state index contributed by atoms with van der Waals surface area (Å²) in [4.78, 5) is 14.8. The van der Waals surface area contributed by atoms with Gasteiger partial charge in [0.15, 0.2) is 17.5 Å². The van der Waals surface area contributed by atoms with Crippen LogP contribution in [0.3, 0.4) is 0 Å². The van der Waals surface area contributed by atoms with E-state index >= 15 is 0 Å². The van der Waals surface area contributed by atoms with Crippen LogP contribution in [0.15, 0.2) is 158 Å². The van der Waals surface area contributed by atoms with Crippen LogP contribution in [0, 0.1) is 0 Å². The van der Waals surface area contributed by atoms with E-state index in [1.165, 1.54) is 32.7 Å². The van der Waals surface area contributed by atoms with E-state index in [1.807, 2.05) is 24.3 Å². The quantitative estimate of drug-likeness (QED) is 0.199. The molecular formula is C41H26ClN3. The van der Waals surface area contributed by atoms with Gasteiger partial charge in [0.25, 0.3) is 0 Å². The minimum absolute atomic E-state index is 0.601. The van der Waals surface area contributed by atoms with Crippen molar-refractivity contribution in [3.8, 4) is 56.4 Å². The summed E-state index contributed by atoms with van der Waals surface area (Å²) in [6.07, 6.45) is 0. The predicted molar refractivity (Wildman–Crippen MR) is 187 cm³/mol. The number of fused-ring (bicyclic) bond motifs is 2. The molecule has 4 heteroatoms. The number of halogens is 1. The van der Waals surface area contributed by atoms with Crippen LogP contribution in [0.4, 0.5) is 0 Å². The first-order valence-electron chi connectivity index (χ1n) is 14.9. The summed E-state index contributed by atoms with van der Waals surface area (Å²) in [5.41, 5.74) is 7.35. The lowest BCUT2D eigenvalue weighted by Gasteiger charge is -2.10. The highest BCUT2D eigenvalue weighted by atomic mass is 35.5. The van der Waals surface area contributed by atoms with Crippen molar-refractivity contribution in [2.75, 3.05) is 0 Å². The van der Waals surface area contributed by atoms with E-state index in [0.29, 0.717) is 22.5 Å². The number of aromatic nitrogens is 3. The summed E-state index contributed by atoms with van der Waals surface area (Å²) in [5, 5.41) is 5.58. The van der Waals surface area contributed by atoms with E-state index in [-0.39, 0.29) is 0 Å². The van der Waals surface area contributed by atoms with Crippen molar-refractivity contribution in [1.29, 1.82) is 0 Å². The van der Waals surface area contributed by atoms with Gasteiger partial charge in [0.2, 0.25) is 0 Å². The van der Waals surface area contributed by atoms with E-state index in [4.69, 9.17) is 26.6 Å². The molecule has 1 aromatic heterocycles. The average molecular weight is 596 g/mol. The third-order valence-electron chi connectivity index (χ3n) is 8.19. The Hall–Kier alpha value is -5.64. The van der Waals surface area contributed by atoms with Gasteiger partial charge < -0.3 is 0 Å². The molecule has 8 rings (SSSR count). The number of hydrogen-bond donors (Lipinski definition) is 0. The lowest BCUT2D eigenvalue weighted by molar-refractivity contribution is 1.07. The van der Waals surface area contributed by atoms with Crippen LogP contribution in [0.1, 0.15) is 0 Å². The van der Waals surface area contributed by atoms with Crippen LogP contribution < -0.4 is 0 Å². The van der Waals surface area contributed by atoms with Gasteiger partial charge in [-0.15, -0.1) is 0 Å². The molecule has 0 aliphatic heterocycles. The maximum absolute atomic E-state index is 6.20. The third-order valence-corrected chi connectivity index (χ3v) is 8.44. The second-order valence-electron chi connectivity index (χ2n) is 11.1. The molecule has 7 aromatic carbocycles. The van der Waals surface area contributed by atoms with Gasteiger partial charge in [0, 0.05) is 21.7 Å². The van der Waals surface area contributed by atoms with Gasteiger partial charge >= 0.3 is 0 Å². The second kappa shape index (κ2) is 11.5. The van der Waals surface area contributed by atoms with Crippen molar-refractivity contribution in [2.45, 2.75) is 0 Å². The fourth-order valence-electron chi connectivity index (χ4n) is 5.72. The van der Waals surface area contributed by atoms with E-state index in [1.54, 1.807) is 0 Å².